The highest BCUT2D eigenvalue weighted by atomic mass is 16.5. The number of carbonyl (C=O) groups excluding carboxylic acids is 2. The molecule has 0 radical (unpaired) electrons. The molecule has 3 rings (SSSR count). The lowest BCUT2D eigenvalue weighted by atomic mass is 10.0. The van der Waals surface area contributed by atoms with Gasteiger partial charge in [0.1, 0.15) is 23.3 Å². The number of esters is 1. The van der Waals surface area contributed by atoms with Crippen LogP contribution >= 0.6 is 0 Å². The van der Waals surface area contributed by atoms with Crippen molar-refractivity contribution in [1.29, 1.82) is 0 Å². The number of nitrogens with zero attached hydrogens (tertiary/aromatic N) is 2. The quantitative estimate of drug-likeness (QED) is 0.663. The maximum absolute atomic E-state index is 12.5. The fourth-order valence-electron chi connectivity index (χ4n) is 2.87. The number of benzene rings is 1. The summed E-state index contributed by atoms with van der Waals surface area (Å²) in [4.78, 5) is 32.8. The summed E-state index contributed by atoms with van der Waals surface area (Å²) in [5, 5.41) is 2.71. The molecule has 0 bridgehead atoms. The van der Waals surface area contributed by atoms with Crippen molar-refractivity contribution in [2.24, 2.45) is 11.3 Å². The number of hydrogen-bond donors (Lipinski definition) is 1. The molecule has 2 unspecified atom stereocenters. The maximum Gasteiger partial charge on any atom is 0.321 e. The molecule has 2 atom stereocenters. The molecule has 1 N–H and O–H groups in total. The van der Waals surface area contributed by atoms with Crippen LogP contribution in [0.4, 0.5) is 5.82 Å². The fraction of sp³-hybridized carbons (Fsp3) is 0.333. The van der Waals surface area contributed by atoms with Crippen LogP contribution in [-0.4, -0.2) is 36.1 Å². The normalized spacial score (nSPS) is 21.3. The van der Waals surface area contributed by atoms with Crippen LogP contribution < -0.4 is 10.1 Å². The van der Waals surface area contributed by atoms with Crippen LogP contribution in [0.15, 0.2) is 36.7 Å². The van der Waals surface area contributed by atoms with Crippen molar-refractivity contribution in [3.63, 3.8) is 0 Å². The lowest BCUT2D eigenvalue weighted by Gasteiger charge is -2.14. The topological polar surface area (TPSA) is 90.4 Å². The van der Waals surface area contributed by atoms with Gasteiger partial charge in [0.25, 0.3) is 0 Å². The van der Waals surface area contributed by atoms with E-state index in [0.29, 0.717) is 17.9 Å². The predicted molar refractivity (Wildman–Crippen MR) is 90.9 cm³/mol. The number of hydrogen-bond acceptors (Lipinski definition) is 6. The third kappa shape index (κ3) is 3.05. The molecule has 1 aromatic carbocycles. The Morgan fingerprint density at radius 1 is 1.20 bits per heavy atom. The van der Waals surface area contributed by atoms with E-state index in [2.05, 4.69) is 15.3 Å². The Bertz CT molecular complexity index is 806. The number of ether oxygens (including phenoxy) is 2. The Morgan fingerprint density at radius 2 is 1.88 bits per heavy atom. The van der Waals surface area contributed by atoms with Crippen LogP contribution in [0.5, 0.6) is 5.75 Å². The van der Waals surface area contributed by atoms with E-state index >= 15 is 0 Å². The zero-order chi connectivity index (χ0) is 18.0. The van der Waals surface area contributed by atoms with E-state index in [1.165, 1.54) is 13.4 Å². The lowest BCUT2D eigenvalue weighted by molar-refractivity contribution is -0.151. The van der Waals surface area contributed by atoms with Crippen molar-refractivity contribution in [2.75, 3.05) is 19.5 Å². The van der Waals surface area contributed by atoms with Crippen LogP contribution in [-0.2, 0) is 14.3 Å². The molecule has 1 heterocycles. The average molecular weight is 341 g/mol. The molecule has 0 spiro atoms. The van der Waals surface area contributed by atoms with Gasteiger partial charge < -0.3 is 14.8 Å². The van der Waals surface area contributed by atoms with E-state index in [9.17, 15) is 9.59 Å². The molecular formula is C18H19N3O4. The van der Waals surface area contributed by atoms with Crippen molar-refractivity contribution in [3.05, 3.63) is 36.7 Å². The Kier molecular flexibility index (Phi) is 4.39. The molecule has 1 aliphatic rings. The molecule has 25 heavy (non-hydrogen) atoms. The van der Waals surface area contributed by atoms with Gasteiger partial charge in [-0.2, -0.15) is 0 Å². The first-order valence-corrected chi connectivity index (χ1v) is 7.87. The van der Waals surface area contributed by atoms with Crippen LogP contribution in [0.25, 0.3) is 11.3 Å². The Hall–Kier alpha value is -2.96. The molecular weight excluding hydrogens is 322 g/mol. The van der Waals surface area contributed by atoms with Crippen LogP contribution in [0.1, 0.15) is 13.3 Å². The van der Waals surface area contributed by atoms with Gasteiger partial charge in [-0.05, 0) is 36.6 Å². The third-order valence-corrected chi connectivity index (χ3v) is 4.56. The first-order chi connectivity index (χ1) is 12.0. The van der Waals surface area contributed by atoms with Crippen molar-refractivity contribution in [3.8, 4) is 17.0 Å². The Balaban J connectivity index is 1.80. The minimum Gasteiger partial charge on any atom is -0.497 e. The number of aromatic nitrogens is 2. The van der Waals surface area contributed by atoms with E-state index in [4.69, 9.17) is 9.47 Å². The smallest absolute Gasteiger partial charge is 0.321 e. The summed E-state index contributed by atoms with van der Waals surface area (Å²) in [5.41, 5.74) is 0.407. The standard InChI is InChI=1S/C18H19N3O4/c1-11-9-18(11,17(23)25-3)16(22)21-15-8-14(19-10-20-15)12-4-6-13(24-2)7-5-12/h4-8,10-11H,9H2,1-3H3,(H,19,20,21,22). The highest BCUT2D eigenvalue weighted by molar-refractivity contribution is 6.11. The van der Waals surface area contributed by atoms with Gasteiger partial charge in [0.2, 0.25) is 5.91 Å². The fourth-order valence-corrected chi connectivity index (χ4v) is 2.87. The second-order valence-electron chi connectivity index (χ2n) is 6.04. The highest BCUT2D eigenvalue weighted by Crippen LogP contribution is 2.53. The number of nitrogens with one attached hydrogen (secondary N) is 1. The second kappa shape index (κ2) is 6.51. The minimum absolute atomic E-state index is 0.0529. The summed E-state index contributed by atoms with van der Waals surface area (Å²) in [6.07, 6.45) is 1.85. The van der Waals surface area contributed by atoms with Gasteiger partial charge in [-0.3, -0.25) is 9.59 Å². The Morgan fingerprint density at radius 3 is 2.44 bits per heavy atom. The van der Waals surface area contributed by atoms with Crippen LogP contribution in [0.3, 0.4) is 0 Å². The molecule has 1 amide bonds. The van der Waals surface area contributed by atoms with E-state index in [0.717, 1.165) is 11.3 Å². The van der Waals surface area contributed by atoms with E-state index in [-0.39, 0.29) is 5.92 Å². The molecule has 0 aliphatic heterocycles. The summed E-state index contributed by atoms with van der Waals surface area (Å²) in [6, 6.07) is 9.05. The SMILES string of the molecule is COC(=O)C1(C(=O)Nc2cc(-c3ccc(OC)cc3)ncn2)CC1C. The Labute approximate surface area is 145 Å². The van der Waals surface area contributed by atoms with Gasteiger partial charge in [0.15, 0.2) is 0 Å². The molecule has 130 valence electrons. The largest absolute Gasteiger partial charge is 0.497 e. The predicted octanol–water partition coefficient (Wildman–Crippen LogP) is 2.29. The molecule has 7 nitrogen and oxygen atoms in total. The van der Waals surface area contributed by atoms with Crippen molar-refractivity contribution in [2.45, 2.75) is 13.3 Å². The highest BCUT2D eigenvalue weighted by Gasteiger charge is 2.64. The van der Waals surface area contributed by atoms with Gasteiger partial charge in [-0.25, -0.2) is 9.97 Å². The summed E-state index contributed by atoms with van der Waals surface area (Å²) < 4.78 is 9.91. The zero-order valence-electron chi connectivity index (χ0n) is 14.3. The van der Waals surface area contributed by atoms with E-state index < -0.39 is 17.3 Å². The van der Waals surface area contributed by atoms with Crippen molar-refractivity contribution in [1.82, 2.24) is 9.97 Å². The first kappa shape index (κ1) is 16.9. The van der Waals surface area contributed by atoms with Gasteiger partial charge in [-0.1, -0.05) is 6.92 Å². The number of amides is 1. The number of methoxy groups -OCH3 is 2. The summed E-state index contributed by atoms with van der Waals surface area (Å²) >= 11 is 0. The lowest BCUT2D eigenvalue weighted by Crippen LogP contribution is -2.34. The minimum atomic E-state index is -1.11. The number of anilines is 1. The molecule has 1 fully saturated rings. The van der Waals surface area contributed by atoms with E-state index in [1.54, 1.807) is 13.2 Å². The summed E-state index contributed by atoms with van der Waals surface area (Å²) in [7, 11) is 2.89. The van der Waals surface area contributed by atoms with E-state index in [1.807, 2.05) is 31.2 Å². The van der Waals surface area contributed by atoms with Gasteiger partial charge in [0.05, 0.1) is 19.9 Å². The van der Waals surface area contributed by atoms with Gasteiger partial charge in [0, 0.05) is 11.6 Å². The van der Waals surface area contributed by atoms with Crippen molar-refractivity contribution >= 4 is 17.7 Å². The van der Waals surface area contributed by atoms with Crippen LogP contribution in [0, 0.1) is 11.3 Å². The monoisotopic (exact) mass is 341 g/mol. The molecule has 2 aromatic rings. The number of rotatable bonds is 5. The zero-order valence-corrected chi connectivity index (χ0v) is 14.3. The van der Waals surface area contributed by atoms with Gasteiger partial charge >= 0.3 is 5.97 Å². The second-order valence-corrected chi connectivity index (χ2v) is 6.04. The first-order valence-electron chi connectivity index (χ1n) is 7.87. The van der Waals surface area contributed by atoms with Crippen molar-refractivity contribution < 1.29 is 19.1 Å². The molecule has 1 aromatic heterocycles. The molecule has 1 saturated carbocycles. The summed E-state index contributed by atoms with van der Waals surface area (Å²) in [6.45, 7) is 1.85. The molecule has 7 heteroatoms. The molecule has 1 aliphatic carbocycles. The van der Waals surface area contributed by atoms with Gasteiger partial charge in [-0.15, -0.1) is 0 Å². The number of carbonyl (C=O) groups is 2. The average Bonchev–Trinajstić information content (AvgIpc) is 3.34. The van der Waals surface area contributed by atoms with Crippen LogP contribution in [0.2, 0.25) is 0 Å². The maximum atomic E-state index is 12.5. The third-order valence-electron chi connectivity index (χ3n) is 4.56. The summed E-state index contributed by atoms with van der Waals surface area (Å²) in [5.74, 6) is 0.123. The molecule has 0 saturated heterocycles.